The Balaban J connectivity index is 1.52. The number of unbranched alkanes of at least 4 members (excludes halogenated alkanes) is 3. The van der Waals surface area contributed by atoms with Crippen LogP contribution < -0.4 is 48.1 Å². The summed E-state index contributed by atoms with van der Waals surface area (Å²) >= 11 is -2.42. The minimum Gasteiger partial charge on any atom is -0.610 e. The molecule has 1 spiro atoms. The van der Waals surface area contributed by atoms with Gasteiger partial charge < -0.3 is 87.5 Å². The number of carbonyl (C=O) groups excluding carboxylic acids is 10. The lowest BCUT2D eigenvalue weighted by Crippen LogP contribution is -2.59. The van der Waals surface area contributed by atoms with Gasteiger partial charge in [0.05, 0.1) is 56.5 Å². The van der Waals surface area contributed by atoms with Crippen molar-refractivity contribution in [3.05, 3.63) is 23.8 Å². The van der Waals surface area contributed by atoms with Crippen molar-refractivity contribution in [1.82, 2.24) is 46.7 Å². The lowest BCUT2D eigenvalue weighted by molar-refractivity contribution is -0.141. The molecule has 1 saturated heterocycles. The van der Waals surface area contributed by atoms with E-state index >= 15 is 4.55 Å². The lowest BCUT2D eigenvalue weighted by atomic mass is 9.95. The van der Waals surface area contributed by atoms with Crippen LogP contribution in [-0.2, 0) is 65.5 Å². The topological polar surface area (TPSA) is 419 Å². The smallest absolute Gasteiger partial charge is 0.410 e. The third kappa shape index (κ3) is 17.2. The minimum atomic E-state index is -2.42. The summed E-state index contributed by atoms with van der Waals surface area (Å²) in [5.74, 6) is -10.0. The number of benzene rings is 1. The third-order valence-corrected chi connectivity index (χ3v) is 15.8. The van der Waals surface area contributed by atoms with Gasteiger partial charge in [0.2, 0.25) is 52.3 Å². The number of fused-ring (bicyclic) bond motifs is 3. The number of aliphatic hydroxyl groups is 3. The molecule has 2 aromatic rings. The maximum atomic E-state index is 15.0. The Labute approximate surface area is 466 Å². The molecule has 0 radical (unpaired) electrons. The number of H-pyrrole nitrogens is 1. The molecule has 14 N–H and O–H groups in total. The van der Waals surface area contributed by atoms with Gasteiger partial charge in [-0.05, 0) is 51.7 Å². The molecule has 2 fully saturated rings. The van der Waals surface area contributed by atoms with Gasteiger partial charge in [-0.15, -0.1) is 0 Å². The molecule has 80 heavy (non-hydrogen) atoms. The molecule has 444 valence electrons. The number of aromatic amines is 1. The Hall–Kier alpha value is -6.59. The molecule has 9 amide bonds. The minimum absolute atomic E-state index is 0.0662. The SMILES string of the molecule is CC[C@H](C)[C@@H]1NC(=O)CNC(=O)[C@@H](NC(=O)[C@@H](N)[C@@H](C)[C@@H](O)CO)Cc2c([nH]c3cc(OCCCCCCN(C)C(=O)OC(C)(C)C)ccc23)[S+]([O-])C[C@@H](C(=O)N[C@@H](CC(N)=O)C(=O)N2C[C@H](O)CC23CC3=O)NC(=O)CNC1=O. The van der Waals surface area contributed by atoms with E-state index in [-0.39, 0.29) is 42.4 Å². The maximum absolute atomic E-state index is 15.0. The molecule has 3 heterocycles. The van der Waals surface area contributed by atoms with Crippen molar-refractivity contribution in [2.75, 3.05) is 52.2 Å². The van der Waals surface area contributed by atoms with E-state index in [1.165, 1.54) is 11.8 Å². The third-order valence-electron chi connectivity index (χ3n) is 14.4. The first-order valence-electron chi connectivity index (χ1n) is 26.8. The number of aromatic nitrogens is 1. The van der Waals surface area contributed by atoms with Gasteiger partial charge in [-0.3, -0.25) is 43.2 Å². The highest BCUT2D eigenvalue weighted by molar-refractivity contribution is 7.91. The van der Waals surface area contributed by atoms with Gasteiger partial charge in [-0.2, -0.15) is 0 Å². The highest BCUT2D eigenvalue weighted by Gasteiger charge is 2.64. The van der Waals surface area contributed by atoms with E-state index in [0.717, 1.165) is 24.2 Å². The standard InChI is InChI=1S/C52H79N11O16S/c1-8-27(2)43-47(74)56-22-40(69)57-36(45(72)59-35(19-39(53)68)49(75)63-24-29(65)20-52(63)21-38(52)67)26-80(77)48-32(18-34(44(71)55-23-41(70)61-43)58-46(73)42(54)28(3)37(66)25-64)31-14-13-30(17-33(31)60-48)78-16-12-10-9-11-15-62(7)50(76)79-51(4,5)6/h13-14,17,27-29,34-37,42-43,60,64-66H,8-12,15-16,18-26,54H2,1-7H3,(H2,53,68)(H,55,71)(H,56,74)(H,57,69)(H,58,73)(H,59,72)(H,61,70)/t27-,28-,29+,34-,35-,36-,37-,42-,43-,52?,80?/m0/s1. The first kappa shape index (κ1) is 64.2. The zero-order chi connectivity index (χ0) is 59.4. The van der Waals surface area contributed by atoms with E-state index in [0.29, 0.717) is 36.0 Å². The van der Waals surface area contributed by atoms with Crippen LogP contribution >= 0.6 is 0 Å². The Morgan fingerprint density at radius 1 is 1.00 bits per heavy atom. The molecule has 2 aliphatic heterocycles. The first-order chi connectivity index (χ1) is 37.6. The van der Waals surface area contributed by atoms with Gasteiger partial charge in [-0.25, -0.2) is 4.79 Å². The van der Waals surface area contributed by atoms with E-state index < -0.39 is 168 Å². The van der Waals surface area contributed by atoms with E-state index in [1.807, 2.05) is 0 Å². The summed E-state index contributed by atoms with van der Waals surface area (Å²) in [6.45, 7) is 8.40. The lowest BCUT2D eigenvalue weighted by Gasteiger charge is -2.29. The predicted molar refractivity (Wildman–Crippen MR) is 288 cm³/mol. The van der Waals surface area contributed by atoms with Gasteiger partial charge in [0.25, 0.3) is 0 Å². The van der Waals surface area contributed by atoms with Crippen LogP contribution in [0.3, 0.4) is 0 Å². The molecule has 1 aliphatic carbocycles. The van der Waals surface area contributed by atoms with Gasteiger partial charge >= 0.3 is 6.09 Å². The summed E-state index contributed by atoms with van der Waals surface area (Å²) in [7, 11) is 1.67. The second-order valence-corrected chi connectivity index (χ2v) is 23.3. The zero-order valence-corrected chi connectivity index (χ0v) is 47.2. The normalized spacial score (nSPS) is 24.1. The van der Waals surface area contributed by atoms with E-state index in [4.69, 9.17) is 20.9 Å². The second kappa shape index (κ2) is 28.2. The highest BCUT2D eigenvalue weighted by Crippen LogP contribution is 2.46. The van der Waals surface area contributed by atoms with Crippen LogP contribution in [-0.4, -0.2) is 200 Å². The number of nitrogens with two attached hydrogens (primary N) is 2. The largest absolute Gasteiger partial charge is 0.610 e. The van der Waals surface area contributed by atoms with Gasteiger partial charge in [-0.1, -0.05) is 40.0 Å². The number of nitrogens with one attached hydrogen (secondary N) is 7. The van der Waals surface area contributed by atoms with E-state index in [2.05, 4.69) is 36.9 Å². The highest BCUT2D eigenvalue weighted by atomic mass is 32.2. The number of Topliss-reactive ketones (excluding diaryl/α,β-unsaturated/α-hetero) is 1. The molecule has 11 atom stereocenters. The number of hydrogen-bond donors (Lipinski definition) is 12. The summed E-state index contributed by atoms with van der Waals surface area (Å²) in [5.41, 5.74) is 10.2. The van der Waals surface area contributed by atoms with Crippen LogP contribution in [0.5, 0.6) is 5.75 Å². The van der Waals surface area contributed by atoms with Crippen molar-refractivity contribution in [1.29, 1.82) is 0 Å². The summed E-state index contributed by atoms with van der Waals surface area (Å²) in [4.78, 5) is 141. The number of amides is 9. The molecule has 1 saturated carbocycles. The fourth-order valence-corrected chi connectivity index (χ4v) is 10.8. The van der Waals surface area contributed by atoms with Crippen molar-refractivity contribution in [2.24, 2.45) is 23.3 Å². The molecule has 1 aromatic heterocycles. The molecule has 0 bridgehead atoms. The van der Waals surface area contributed by atoms with Crippen LogP contribution in [0.1, 0.15) is 98.5 Å². The van der Waals surface area contributed by atoms with Gasteiger partial charge in [0.1, 0.15) is 40.8 Å². The summed E-state index contributed by atoms with van der Waals surface area (Å²) in [6.07, 6.45) is -1.10. The maximum Gasteiger partial charge on any atom is 0.410 e. The Morgan fingerprint density at radius 2 is 1.65 bits per heavy atom. The first-order valence-corrected chi connectivity index (χ1v) is 28.1. The summed E-state index contributed by atoms with van der Waals surface area (Å²) in [6, 6.07) is -3.14. The van der Waals surface area contributed by atoms with E-state index in [9.17, 15) is 63.3 Å². The molecule has 5 rings (SSSR count). The Morgan fingerprint density at radius 3 is 2.27 bits per heavy atom. The summed E-state index contributed by atoms with van der Waals surface area (Å²) < 4.78 is 26.5. The van der Waals surface area contributed by atoms with Crippen LogP contribution in [0.2, 0.25) is 0 Å². The summed E-state index contributed by atoms with van der Waals surface area (Å²) in [5, 5.41) is 45.5. The van der Waals surface area contributed by atoms with Crippen molar-refractivity contribution >= 4 is 81.2 Å². The van der Waals surface area contributed by atoms with E-state index in [1.54, 1.807) is 59.9 Å². The van der Waals surface area contributed by atoms with Crippen LogP contribution in [0, 0.1) is 11.8 Å². The number of carbonyl (C=O) groups is 10. The van der Waals surface area contributed by atoms with Crippen molar-refractivity contribution < 1.29 is 77.3 Å². The number of nitrogens with zero attached hydrogens (tertiary/aromatic N) is 2. The van der Waals surface area contributed by atoms with Crippen molar-refractivity contribution in [3.8, 4) is 5.75 Å². The van der Waals surface area contributed by atoms with Crippen LogP contribution in [0.4, 0.5) is 4.79 Å². The molecule has 3 aliphatic rings. The Kier molecular flexibility index (Phi) is 22.6. The fraction of sp³-hybridized carbons (Fsp3) is 0.654. The van der Waals surface area contributed by atoms with Crippen molar-refractivity contribution in [3.63, 3.8) is 0 Å². The molecule has 1 aromatic carbocycles. The van der Waals surface area contributed by atoms with Crippen LogP contribution in [0.25, 0.3) is 10.9 Å². The average molecular weight is 1150 g/mol. The van der Waals surface area contributed by atoms with Crippen LogP contribution in [0.15, 0.2) is 23.2 Å². The molecule has 27 nitrogen and oxygen atoms in total. The van der Waals surface area contributed by atoms with Crippen molar-refractivity contribution in [2.45, 2.75) is 158 Å². The number of hydrogen-bond acceptors (Lipinski definition) is 17. The number of ether oxygens (including phenoxy) is 2. The quantitative estimate of drug-likeness (QED) is 0.0476. The monoisotopic (exact) mass is 1150 g/mol. The second-order valence-electron chi connectivity index (χ2n) is 21.9. The number of β-amino-alcohol motifs (C(OH)–C–C–N with tert-alkyl or cyclic N) is 1. The molecular formula is C52H79N11O16S. The molecular weight excluding hydrogens is 1070 g/mol. The number of aliphatic hydroxyl groups excluding tert-OH is 3. The predicted octanol–water partition coefficient (Wildman–Crippen LogP) is -2.65. The Bertz CT molecular complexity index is 2610. The number of primary amides is 1. The van der Waals surface area contributed by atoms with Gasteiger partial charge in [0.15, 0.2) is 11.8 Å². The zero-order valence-electron chi connectivity index (χ0n) is 46.3. The molecule has 28 heteroatoms. The number of ketones is 1. The fourth-order valence-electron chi connectivity index (χ4n) is 9.37. The number of rotatable bonds is 20. The molecule has 2 unspecified atom stereocenters. The average Bonchev–Trinajstić information content (AvgIpc) is 3.70. The number of likely N-dealkylation sites (tertiary alicyclic amines) is 1. The van der Waals surface area contributed by atoms with Gasteiger partial charge in [0, 0.05) is 73.5 Å².